The summed E-state index contributed by atoms with van der Waals surface area (Å²) in [5.74, 6) is 6.37. The van der Waals surface area contributed by atoms with Gasteiger partial charge in [0.1, 0.15) is 0 Å². The molecule has 0 aromatic carbocycles. The summed E-state index contributed by atoms with van der Waals surface area (Å²) < 4.78 is 0. The van der Waals surface area contributed by atoms with Gasteiger partial charge in [-0.1, -0.05) is 38.0 Å². The summed E-state index contributed by atoms with van der Waals surface area (Å²) in [6.07, 6.45) is 5.29. The molecule has 0 spiro atoms. The van der Waals surface area contributed by atoms with Crippen molar-refractivity contribution < 1.29 is 0 Å². The zero-order chi connectivity index (χ0) is 10.9. The van der Waals surface area contributed by atoms with Gasteiger partial charge in [0.25, 0.3) is 0 Å². The maximum Gasteiger partial charge on any atom is 0.0576 e. The largest absolute Gasteiger partial charge is 0.306 e. The topological polar surface area (TPSA) is 12.0 Å². The van der Waals surface area contributed by atoms with Gasteiger partial charge < -0.3 is 5.32 Å². The van der Waals surface area contributed by atoms with Crippen LogP contribution in [0, 0.1) is 17.3 Å². The first kappa shape index (κ1) is 13.5. The average molecular weight is 195 g/mol. The second kappa shape index (κ2) is 7.88. The minimum Gasteiger partial charge on any atom is -0.306 e. The highest BCUT2D eigenvalue weighted by Crippen LogP contribution is 2.09. The van der Waals surface area contributed by atoms with E-state index in [9.17, 15) is 0 Å². The molecule has 0 aromatic rings. The van der Waals surface area contributed by atoms with Crippen LogP contribution in [-0.2, 0) is 0 Å². The number of unbranched alkanes of at least 4 members (excludes halogenated alkanes) is 3. The molecule has 0 amide bonds. The van der Waals surface area contributed by atoms with Crippen molar-refractivity contribution in [1.29, 1.82) is 0 Å². The molecule has 0 aliphatic carbocycles. The smallest absolute Gasteiger partial charge is 0.0576 e. The van der Waals surface area contributed by atoms with Gasteiger partial charge in [-0.25, -0.2) is 0 Å². The monoisotopic (exact) mass is 195 g/mol. The highest BCUT2D eigenvalue weighted by atomic mass is 14.8. The SMILES string of the molecule is CCCCCCNCC#CC(C)(C)C. The van der Waals surface area contributed by atoms with Crippen molar-refractivity contribution in [3.8, 4) is 11.8 Å². The third-order valence-electron chi connectivity index (χ3n) is 1.88. The second-order valence-electron chi connectivity index (χ2n) is 4.79. The Kier molecular flexibility index (Phi) is 7.61. The molecule has 14 heavy (non-hydrogen) atoms. The molecule has 0 saturated heterocycles. The quantitative estimate of drug-likeness (QED) is 0.507. The van der Waals surface area contributed by atoms with Crippen LogP contribution in [-0.4, -0.2) is 13.1 Å². The summed E-state index contributed by atoms with van der Waals surface area (Å²) >= 11 is 0. The van der Waals surface area contributed by atoms with Gasteiger partial charge in [0.05, 0.1) is 6.54 Å². The Morgan fingerprint density at radius 1 is 1.07 bits per heavy atom. The number of nitrogens with one attached hydrogen (secondary N) is 1. The minimum atomic E-state index is 0.143. The fraction of sp³-hybridized carbons (Fsp3) is 0.846. The summed E-state index contributed by atoms with van der Waals surface area (Å²) in [4.78, 5) is 0. The zero-order valence-electron chi connectivity index (χ0n) is 10.2. The standard InChI is InChI=1S/C13H25N/c1-5-6-7-8-11-14-12-9-10-13(2,3)4/h14H,5-8,11-12H2,1-4H3. The Hall–Kier alpha value is -0.480. The number of rotatable bonds is 6. The van der Waals surface area contributed by atoms with Crippen LogP contribution in [0.3, 0.4) is 0 Å². The average Bonchev–Trinajstić information content (AvgIpc) is 2.08. The molecule has 0 aliphatic rings. The van der Waals surface area contributed by atoms with E-state index in [1.165, 1.54) is 25.7 Å². The normalized spacial score (nSPS) is 10.9. The molecule has 0 aromatic heterocycles. The molecule has 0 atom stereocenters. The lowest BCUT2D eigenvalue weighted by molar-refractivity contribution is 0.569. The molecule has 82 valence electrons. The number of hydrogen-bond donors (Lipinski definition) is 1. The van der Waals surface area contributed by atoms with E-state index in [0.717, 1.165) is 13.1 Å². The molecule has 1 nitrogen and oxygen atoms in total. The Morgan fingerprint density at radius 2 is 1.79 bits per heavy atom. The van der Waals surface area contributed by atoms with Crippen LogP contribution in [0.5, 0.6) is 0 Å². The molecular formula is C13H25N. The first-order valence-corrected chi connectivity index (χ1v) is 5.77. The molecule has 0 unspecified atom stereocenters. The van der Waals surface area contributed by atoms with Gasteiger partial charge in [-0.2, -0.15) is 0 Å². The summed E-state index contributed by atoms with van der Waals surface area (Å²) in [5, 5.41) is 3.34. The van der Waals surface area contributed by atoms with Crippen LogP contribution in [0.25, 0.3) is 0 Å². The van der Waals surface area contributed by atoms with Crippen molar-refractivity contribution >= 4 is 0 Å². The number of hydrogen-bond acceptors (Lipinski definition) is 1. The molecule has 1 heteroatoms. The first-order chi connectivity index (χ1) is 6.56. The highest BCUT2D eigenvalue weighted by molar-refractivity contribution is 5.08. The van der Waals surface area contributed by atoms with Gasteiger partial charge in [-0.05, 0) is 33.7 Å². The van der Waals surface area contributed by atoms with E-state index in [1.807, 2.05) is 0 Å². The van der Waals surface area contributed by atoms with Crippen molar-refractivity contribution in [3.63, 3.8) is 0 Å². The lowest BCUT2D eigenvalue weighted by Gasteiger charge is -2.07. The Bertz CT molecular complexity index is 178. The van der Waals surface area contributed by atoms with Crippen LogP contribution < -0.4 is 5.32 Å². The van der Waals surface area contributed by atoms with E-state index in [2.05, 4.69) is 44.9 Å². The minimum absolute atomic E-state index is 0.143. The van der Waals surface area contributed by atoms with Crippen molar-refractivity contribution in [2.75, 3.05) is 13.1 Å². The molecule has 0 heterocycles. The van der Waals surface area contributed by atoms with Crippen LogP contribution in [0.4, 0.5) is 0 Å². The lowest BCUT2D eigenvalue weighted by Crippen LogP contribution is -2.15. The second-order valence-corrected chi connectivity index (χ2v) is 4.79. The summed E-state index contributed by atoms with van der Waals surface area (Å²) in [7, 11) is 0. The summed E-state index contributed by atoms with van der Waals surface area (Å²) in [6.45, 7) is 10.6. The highest BCUT2D eigenvalue weighted by Gasteiger charge is 2.02. The lowest BCUT2D eigenvalue weighted by atomic mass is 9.98. The Balaban J connectivity index is 3.24. The van der Waals surface area contributed by atoms with Gasteiger partial charge in [0, 0.05) is 5.41 Å². The van der Waals surface area contributed by atoms with Crippen molar-refractivity contribution in [3.05, 3.63) is 0 Å². The van der Waals surface area contributed by atoms with Gasteiger partial charge >= 0.3 is 0 Å². The van der Waals surface area contributed by atoms with E-state index in [-0.39, 0.29) is 5.41 Å². The van der Waals surface area contributed by atoms with Crippen molar-refractivity contribution in [2.24, 2.45) is 5.41 Å². The molecular weight excluding hydrogens is 170 g/mol. The van der Waals surface area contributed by atoms with Crippen molar-refractivity contribution in [1.82, 2.24) is 5.32 Å². The van der Waals surface area contributed by atoms with E-state index < -0.39 is 0 Å². The molecule has 0 aliphatic heterocycles. The zero-order valence-corrected chi connectivity index (χ0v) is 10.2. The molecule has 0 saturated carbocycles. The molecule has 0 rings (SSSR count). The van der Waals surface area contributed by atoms with Crippen LogP contribution >= 0.6 is 0 Å². The third-order valence-corrected chi connectivity index (χ3v) is 1.88. The van der Waals surface area contributed by atoms with Gasteiger partial charge in [0.2, 0.25) is 0 Å². The molecule has 0 fully saturated rings. The van der Waals surface area contributed by atoms with Gasteiger partial charge in [-0.3, -0.25) is 0 Å². The summed E-state index contributed by atoms with van der Waals surface area (Å²) in [5.41, 5.74) is 0.143. The summed E-state index contributed by atoms with van der Waals surface area (Å²) in [6, 6.07) is 0. The molecule has 1 N–H and O–H groups in total. The molecule has 0 bridgehead atoms. The van der Waals surface area contributed by atoms with E-state index in [1.54, 1.807) is 0 Å². The van der Waals surface area contributed by atoms with E-state index in [0.29, 0.717) is 0 Å². The fourth-order valence-electron chi connectivity index (χ4n) is 1.14. The predicted octanol–water partition coefficient (Wildman–Crippen LogP) is 3.21. The first-order valence-electron chi connectivity index (χ1n) is 5.77. The van der Waals surface area contributed by atoms with Gasteiger partial charge in [0.15, 0.2) is 0 Å². The molecule has 0 radical (unpaired) electrons. The maximum atomic E-state index is 3.34. The van der Waals surface area contributed by atoms with Crippen LogP contribution in [0.15, 0.2) is 0 Å². The van der Waals surface area contributed by atoms with E-state index >= 15 is 0 Å². The fourth-order valence-corrected chi connectivity index (χ4v) is 1.14. The maximum absolute atomic E-state index is 3.34. The van der Waals surface area contributed by atoms with Crippen molar-refractivity contribution in [2.45, 2.75) is 53.4 Å². The predicted molar refractivity (Wildman–Crippen MR) is 64.2 cm³/mol. The Morgan fingerprint density at radius 3 is 2.36 bits per heavy atom. The van der Waals surface area contributed by atoms with Gasteiger partial charge in [-0.15, -0.1) is 0 Å². The third kappa shape index (κ3) is 11.5. The van der Waals surface area contributed by atoms with E-state index in [4.69, 9.17) is 0 Å². The van der Waals surface area contributed by atoms with Crippen LogP contribution in [0.2, 0.25) is 0 Å². The van der Waals surface area contributed by atoms with Crippen LogP contribution in [0.1, 0.15) is 53.4 Å². The Labute approximate surface area is 89.7 Å².